The third kappa shape index (κ3) is 3.20. The van der Waals surface area contributed by atoms with E-state index in [4.69, 9.17) is 0 Å². The van der Waals surface area contributed by atoms with Crippen LogP contribution in [0.25, 0.3) is 10.2 Å². The van der Waals surface area contributed by atoms with Gasteiger partial charge in [-0.15, -0.1) is 11.3 Å². The number of nitrogens with one attached hydrogen (secondary N) is 1. The lowest BCUT2D eigenvalue weighted by Crippen LogP contribution is -2.47. The normalized spacial score (nSPS) is 17.1. The Morgan fingerprint density at radius 2 is 2.33 bits per heavy atom. The summed E-state index contributed by atoms with van der Waals surface area (Å²) >= 11 is 3.01. The molecule has 0 unspecified atom stereocenters. The van der Waals surface area contributed by atoms with Crippen LogP contribution in [0.3, 0.4) is 0 Å². The zero-order valence-corrected chi connectivity index (χ0v) is 13.3. The van der Waals surface area contributed by atoms with Crippen LogP contribution in [0.5, 0.6) is 0 Å². The van der Waals surface area contributed by atoms with Crippen LogP contribution in [0.4, 0.5) is 0 Å². The summed E-state index contributed by atoms with van der Waals surface area (Å²) in [6, 6.07) is 10.2. The van der Waals surface area contributed by atoms with Gasteiger partial charge in [0.15, 0.2) is 4.34 Å². The molecular formula is C15H15N3OS2. The third-order valence-electron chi connectivity index (χ3n) is 3.63. The maximum Gasteiger partial charge on any atom is 0.231 e. The van der Waals surface area contributed by atoms with Crippen LogP contribution in [-0.4, -0.2) is 22.2 Å². The van der Waals surface area contributed by atoms with Gasteiger partial charge < -0.3 is 5.32 Å². The van der Waals surface area contributed by atoms with Crippen molar-refractivity contribution in [3.8, 4) is 6.07 Å². The molecule has 1 fully saturated rings. The number of carbonyl (C=O) groups is 1. The van der Waals surface area contributed by atoms with Crippen LogP contribution in [0, 0.1) is 17.2 Å². The summed E-state index contributed by atoms with van der Waals surface area (Å²) in [6.45, 7) is 1.81. The SMILES string of the molecule is C[C@](C#N)(NC(=O)CSc1nc2ccccc2s1)C1CC1. The lowest BCUT2D eigenvalue weighted by molar-refractivity contribution is -0.119. The second-order valence-corrected chi connectivity index (χ2v) is 7.63. The van der Waals surface area contributed by atoms with Crippen molar-refractivity contribution >= 4 is 39.2 Å². The van der Waals surface area contributed by atoms with E-state index in [2.05, 4.69) is 16.4 Å². The molecular weight excluding hydrogens is 302 g/mol. The summed E-state index contributed by atoms with van der Waals surface area (Å²) in [5.74, 6) is 0.498. The van der Waals surface area contributed by atoms with Gasteiger partial charge in [-0.05, 0) is 37.8 Å². The van der Waals surface area contributed by atoms with Crippen molar-refractivity contribution in [2.24, 2.45) is 5.92 Å². The van der Waals surface area contributed by atoms with Crippen molar-refractivity contribution < 1.29 is 4.79 Å². The molecule has 0 saturated heterocycles. The first-order valence-corrected chi connectivity index (χ1v) is 8.61. The largest absolute Gasteiger partial charge is 0.337 e. The minimum atomic E-state index is -0.717. The summed E-state index contributed by atoms with van der Waals surface area (Å²) in [4.78, 5) is 16.5. The lowest BCUT2D eigenvalue weighted by Gasteiger charge is -2.22. The highest BCUT2D eigenvalue weighted by Gasteiger charge is 2.42. The lowest BCUT2D eigenvalue weighted by atomic mass is 9.98. The highest BCUT2D eigenvalue weighted by Crippen LogP contribution is 2.39. The number of benzene rings is 1. The molecule has 4 nitrogen and oxygen atoms in total. The summed E-state index contributed by atoms with van der Waals surface area (Å²) in [6.07, 6.45) is 2.05. The van der Waals surface area contributed by atoms with E-state index in [0.29, 0.717) is 11.7 Å². The summed E-state index contributed by atoms with van der Waals surface area (Å²) in [5, 5.41) is 12.1. The van der Waals surface area contributed by atoms with Gasteiger partial charge in [0, 0.05) is 0 Å². The van der Waals surface area contributed by atoms with Crippen LogP contribution in [-0.2, 0) is 4.79 Å². The van der Waals surface area contributed by atoms with Gasteiger partial charge in [-0.1, -0.05) is 23.9 Å². The smallest absolute Gasteiger partial charge is 0.231 e. The molecule has 0 radical (unpaired) electrons. The molecule has 0 aliphatic heterocycles. The Morgan fingerprint density at radius 3 is 3.00 bits per heavy atom. The summed E-state index contributed by atoms with van der Waals surface area (Å²) < 4.78 is 2.01. The fraction of sp³-hybridized carbons (Fsp3) is 0.400. The highest BCUT2D eigenvalue weighted by atomic mass is 32.2. The Kier molecular flexibility index (Phi) is 3.87. The monoisotopic (exact) mass is 317 g/mol. The molecule has 1 amide bonds. The number of rotatable bonds is 5. The topological polar surface area (TPSA) is 65.8 Å². The van der Waals surface area contributed by atoms with E-state index in [1.165, 1.54) is 11.8 Å². The molecule has 1 aliphatic carbocycles. The first-order valence-electron chi connectivity index (χ1n) is 6.81. The third-order valence-corrected chi connectivity index (χ3v) is 5.81. The quantitative estimate of drug-likeness (QED) is 0.860. The van der Waals surface area contributed by atoms with Crippen LogP contribution in [0.1, 0.15) is 19.8 Å². The zero-order valence-electron chi connectivity index (χ0n) is 11.6. The molecule has 6 heteroatoms. The number of amides is 1. The van der Waals surface area contributed by atoms with E-state index in [-0.39, 0.29) is 5.91 Å². The molecule has 1 heterocycles. The number of aromatic nitrogens is 1. The molecule has 1 saturated carbocycles. The van der Waals surface area contributed by atoms with Crippen LogP contribution >= 0.6 is 23.1 Å². The van der Waals surface area contributed by atoms with Crippen molar-refractivity contribution in [2.75, 3.05) is 5.75 Å². The number of hydrogen-bond donors (Lipinski definition) is 1. The average molecular weight is 317 g/mol. The van der Waals surface area contributed by atoms with E-state index >= 15 is 0 Å². The number of nitrogens with zero attached hydrogens (tertiary/aromatic N) is 2. The second kappa shape index (κ2) is 5.66. The highest BCUT2D eigenvalue weighted by molar-refractivity contribution is 8.01. The number of nitriles is 1. The average Bonchev–Trinajstić information content (AvgIpc) is 3.25. The predicted octanol–water partition coefficient (Wildman–Crippen LogP) is 3.20. The van der Waals surface area contributed by atoms with Crippen LogP contribution in [0.2, 0.25) is 0 Å². The summed E-state index contributed by atoms with van der Waals surface area (Å²) in [5.41, 5.74) is 0.246. The number of hydrogen-bond acceptors (Lipinski definition) is 5. The van der Waals surface area contributed by atoms with Gasteiger partial charge in [0.1, 0.15) is 5.54 Å². The zero-order chi connectivity index (χ0) is 14.9. The van der Waals surface area contributed by atoms with E-state index in [0.717, 1.165) is 27.4 Å². The maximum absolute atomic E-state index is 12.0. The molecule has 0 bridgehead atoms. The van der Waals surface area contributed by atoms with Gasteiger partial charge in [0.2, 0.25) is 5.91 Å². The van der Waals surface area contributed by atoms with Crippen molar-refractivity contribution in [2.45, 2.75) is 29.6 Å². The molecule has 2 aromatic rings. The van der Waals surface area contributed by atoms with Gasteiger partial charge >= 0.3 is 0 Å². The van der Waals surface area contributed by atoms with Crippen molar-refractivity contribution in [3.05, 3.63) is 24.3 Å². The van der Waals surface area contributed by atoms with E-state index in [1.807, 2.05) is 31.2 Å². The molecule has 1 aliphatic rings. The Hall–Kier alpha value is -1.58. The fourth-order valence-corrected chi connectivity index (χ4v) is 4.12. The second-order valence-electron chi connectivity index (χ2n) is 5.37. The standard InChI is InChI=1S/C15H15N3OS2/c1-15(9-16,10-6-7-10)18-13(19)8-20-14-17-11-4-2-3-5-12(11)21-14/h2-5,10H,6-8H2,1H3,(H,18,19)/t15-/m1/s1. The van der Waals surface area contributed by atoms with Gasteiger partial charge in [0.25, 0.3) is 0 Å². The minimum Gasteiger partial charge on any atom is -0.337 e. The number of thioether (sulfide) groups is 1. The molecule has 1 aromatic heterocycles. The Balaban J connectivity index is 1.59. The number of fused-ring (bicyclic) bond motifs is 1. The van der Waals surface area contributed by atoms with Gasteiger partial charge in [0.05, 0.1) is 22.0 Å². The van der Waals surface area contributed by atoms with Gasteiger partial charge in [-0.3, -0.25) is 4.79 Å². The number of carbonyl (C=O) groups excluding carboxylic acids is 1. The van der Waals surface area contributed by atoms with Crippen molar-refractivity contribution in [3.63, 3.8) is 0 Å². The fourth-order valence-electron chi connectivity index (χ4n) is 2.25. The Bertz CT molecular complexity index is 684. The molecule has 1 aromatic carbocycles. The first kappa shape index (κ1) is 14.4. The van der Waals surface area contributed by atoms with E-state index < -0.39 is 5.54 Å². The molecule has 0 spiro atoms. The van der Waals surface area contributed by atoms with Crippen molar-refractivity contribution in [1.82, 2.24) is 10.3 Å². The molecule has 1 N–H and O–H groups in total. The molecule has 3 rings (SSSR count). The predicted molar refractivity (Wildman–Crippen MR) is 85.2 cm³/mol. The van der Waals surface area contributed by atoms with E-state index in [9.17, 15) is 10.1 Å². The Morgan fingerprint density at radius 1 is 1.57 bits per heavy atom. The summed E-state index contributed by atoms with van der Waals surface area (Å²) in [7, 11) is 0. The molecule has 21 heavy (non-hydrogen) atoms. The molecule has 1 atom stereocenters. The number of para-hydroxylation sites is 1. The minimum absolute atomic E-state index is 0.102. The van der Waals surface area contributed by atoms with Crippen molar-refractivity contribution in [1.29, 1.82) is 5.26 Å². The van der Waals surface area contributed by atoms with Crippen LogP contribution in [0.15, 0.2) is 28.6 Å². The first-order chi connectivity index (χ1) is 10.1. The maximum atomic E-state index is 12.0. The van der Waals surface area contributed by atoms with E-state index in [1.54, 1.807) is 11.3 Å². The molecule has 108 valence electrons. The Labute approximate surface area is 131 Å². The number of thiazole rings is 1. The van der Waals surface area contributed by atoms with Crippen LogP contribution < -0.4 is 5.32 Å². The van der Waals surface area contributed by atoms with Gasteiger partial charge in [-0.25, -0.2) is 4.98 Å². The van der Waals surface area contributed by atoms with Gasteiger partial charge in [-0.2, -0.15) is 5.26 Å².